The van der Waals surface area contributed by atoms with Crippen molar-refractivity contribution >= 4 is 5.69 Å². The van der Waals surface area contributed by atoms with Gasteiger partial charge in [-0.2, -0.15) is 0 Å². The van der Waals surface area contributed by atoms with Crippen molar-refractivity contribution in [2.75, 3.05) is 12.8 Å². The summed E-state index contributed by atoms with van der Waals surface area (Å²) >= 11 is 0. The number of ether oxygens (including phenoxy) is 1. The molecule has 0 saturated heterocycles. The summed E-state index contributed by atoms with van der Waals surface area (Å²) in [6.07, 6.45) is 6.20. The molecule has 0 atom stereocenters. The van der Waals surface area contributed by atoms with Gasteiger partial charge < -0.3 is 10.5 Å². The minimum absolute atomic E-state index is 0.760. The average molecular weight is 297 g/mol. The van der Waals surface area contributed by atoms with E-state index in [1.807, 2.05) is 68.5 Å². The van der Waals surface area contributed by atoms with Gasteiger partial charge in [0.25, 0.3) is 0 Å². The van der Waals surface area contributed by atoms with Gasteiger partial charge in [0.15, 0.2) is 0 Å². The van der Waals surface area contributed by atoms with Gasteiger partial charge >= 0.3 is 0 Å². The van der Waals surface area contributed by atoms with Crippen LogP contribution in [0.15, 0.2) is 84.5 Å². The van der Waals surface area contributed by atoms with Crippen molar-refractivity contribution < 1.29 is 4.74 Å². The summed E-state index contributed by atoms with van der Waals surface area (Å²) in [5.74, 6) is 0.837. The second-order valence-electron chi connectivity index (χ2n) is 4.46. The van der Waals surface area contributed by atoms with Crippen molar-refractivity contribution in [3.05, 3.63) is 84.5 Å². The van der Waals surface area contributed by atoms with Crippen LogP contribution >= 0.6 is 0 Å². The first-order valence-corrected chi connectivity index (χ1v) is 7.29. The van der Waals surface area contributed by atoms with Crippen LogP contribution in [-0.2, 0) is 0 Å². The van der Waals surface area contributed by atoms with Gasteiger partial charge in [-0.3, -0.25) is 0 Å². The van der Waals surface area contributed by atoms with Crippen molar-refractivity contribution in [1.82, 2.24) is 0 Å². The van der Waals surface area contributed by atoms with Gasteiger partial charge in [-0.15, -0.1) is 0 Å². The Morgan fingerprint density at radius 2 is 1.36 bits per heavy atom. The molecule has 0 aromatic heterocycles. The third-order valence-electron chi connectivity index (χ3n) is 2.67. The molecule has 0 radical (unpaired) electrons. The Bertz CT molecular complexity index is 501. The van der Waals surface area contributed by atoms with Crippen molar-refractivity contribution in [3.63, 3.8) is 0 Å². The van der Waals surface area contributed by atoms with Crippen molar-refractivity contribution in [2.24, 2.45) is 0 Å². The van der Waals surface area contributed by atoms with E-state index >= 15 is 0 Å². The Labute approximate surface area is 134 Å². The van der Waals surface area contributed by atoms with E-state index < -0.39 is 0 Å². The smallest absolute Gasteiger partial charge is 0.119 e. The van der Waals surface area contributed by atoms with E-state index in [0.717, 1.165) is 11.4 Å². The maximum absolute atomic E-state index is 5.43. The Morgan fingerprint density at radius 3 is 1.64 bits per heavy atom. The van der Waals surface area contributed by atoms with Gasteiger partial charge in [0.2, 0.25) is 0 Å². The molecule has 2 aromatic rings. The van der Waals surface area contributed by atoms with Crippen molar-refractivity contribution in [2.45, 2.75) is 20.8 Å². The zero-order chi connectivity index (χ0) is 16.6. The molecular weight excluding hydrogens is 270 g/mol. The normalized spacial score (nSPS) is 10.1. The molecule has 2 N–H and O–H groups in total. The molecular formula is C20H27NO. The second kappa shape index (κ2) is 13.5. The first-order chi connectivity index (χ1) is 10.6. The van der Waals surface area contributed by atoms with Crippen LogP contribution in [-0.4, -0.2) is 7.11 Å². The molecule has 2 nitrogen and oxygen atoms in total. The van der Waals surface area contributed by atoms with Gasteiger partial charge in [0.05, 0.1) is 7.11 Å². The molecule has 0 aliphatic rings. The second-order valence-corrected chi connectivity index (χ2v) is 4.46. The Kier molecular flexibility index (Phi) is 12.0. The first-order valence-electron chi connectivity index (χ1n) is 7.29. The first kappa shape index (κ1) is 19.5. The fraction of sp³-hybridized carbons (Fsp3) is 0.200. The molecule has 0 unspecified atom stereocenters. The Balaban J connectivity index is 0.000000308. The van der Waals surface area contributed by atoms with Crippen LogP contribution in [0.5, 0.6) is 5.75 Å². The lowest BCUT2D eigenvalue weighted by Crippen LogP contribution is -1.84. The fourth-order valence-corrected chi connectivity index (χ4v) is 1.35. The van der Waals surface area contributed by atoms with E-state index in [-0.39, 0.29) is 0 Å². The van der Waals surface area contributed by atoms with Gasteiger partial charge in [0, 0.05) is 5.69 Å². The zero-order valence-electron chi connectivity index (χ0n) is 14.0. The van der Waals surface area contributed by atoms with Crippen LogP contribution in [0.4, 0.5) is 5.69 Å². The number of hydrogen-bond donors (Lipinski definition) is 1. The van der Waals surface area contributed by atoms with Crippen LogP contribution in [0.1, 0.15) is 20.8 Å². The predicted molar refractivity (Wildman–Crippen MR) is 98.1 cm³/mol. The summed E-state index contributed by atoms with van der Waals surface area (Å²) < 4.78 is 4.91. The number of methoxy groups -OCH3 is 1. The van der Waals surface area contributed by atoms with Gasteiger partial charge in [-0.05, 0) is 45.0 Å². The molecule has 2 rings (SSSR count). The number of allylic oxidation sites excluding steroid dienone is 4. The van der Waals surface area contributed by atoms with E-state index in [9.17, 15) is 0 Å². The maximum atomic E-state index is 5.43. The molecule has 2 heteroatoms. The average Bonchev–Trinajstić information content (AvgIpc) is 2.58. The van der Waals surface area contributed by atoms with Gasteiger partial charge in [0.1, 0.15) is 5.75 Å². The minimum Gasteiger partial charge on any atom is -0.497 e. The SMILES string of the molecule is C/C=C\C(C)=C/C.COc1ccc(N)cc1.c1ccccc1. The molecule has 0 bridgehead atoms. The summed E-state index contributed by atoms with van der Waals surface area (Å²) in [6, 6.07) is 19.3. The number of anilines is 1. The van der Waals surface area contributed by atoms with Crippen LogP contribution in [0, 0.1) is 0 Å². The van der Waals surface area contributed by atoms with Crippen LogP contribution in [0.2, 0.25) is 0 Å². The Hall–Kier alpha value is -2.48. The summed E-state index contributed by atoms with van der Waals surface area (Å²) in [6.45, 7) is 6.14. The van der Waals surface area contributed by atoms with Gasteiger partial charge in [-0.1, -0.05) is 60.2 Å². The lowest BCUT2D eigenvalue weighted by molar-refractivity contribution is 0.415. The number of benzene rings is 2. The Morgan fingerprint density at radius 1 is 0.909 bits per heavy atom. The number of hydrogen-bond acceptors (Lipinski definition) is 2. The van der Waals surface area contributed by atoms with E-state index in [4.69, 9.17) is 10.5 Å². The molecule has 0 amide bonds. The zero-order valence-corrected chi connectivity index (χ0v) is 14.0. The number of nitrogens with two attached hydrogens (primary N) is 1. The maximum Gasteiger partial charge on any atom is 0.119 e. The van der Waals surface area contributed by atoms with Crippen molar-refractivity contribution in [1.29, 1.82) is 0 Å². The van der Waals surface area contributed by atoms with E-state index in [1.165, 1.54) is 5.57 Å². The predicted octanol–water partition coefficient (Wildman–Crippen LogP) is 5.49. The highest BCUT2D eigenvalue weighted by Gasteiger charge is 1.86. The fourth-order valence-electron chi connectivity index (χ4n) is 1.35. The summed E-state index contributed by atoms with van der Waals surface area (Å²) in [4.78, 5) is 0. The summed E-state index contributed by atoms with van der Waals surface area (Å²) in [5, 5.41) is 0. The molecule has 0 fully saturated rings. The van der Waals surface area contributed by atoms with Crippen molar-refractivity contribution in [3.8, 4) is 5.75 Å². The molecule has 0 aliphatic heterocycles. The summed E-state index contributed by atoms with van der Waals surface area (Å²) in [7, 11) is 1.63. The minimum atomic E-state index is 0.760. The molecule has 0 spiro atoms. The van der Waals surface area contributed by atoms with Crippen LogP contribution in [0.3, 0.4) is 0 Å². The van der Waals surface area contributed by atoms with Crippen LogP contribution in [0.25, 0.3) is 0 Å². The molecule has 118 valence electrons. The third-order valence-corrected chi connectivity index (χ3v) is 2.67. The monoisotopic (exact) mass is 297 g/mol. The molecule has 0 saturated carbocycles. The molecule has 22 heavy (non-hydrogen) atoms. The lowest BCUT2D eigenvalue weighted by atomic mass is 10.3. The van der Waals surface area contributed by atoms with E-state index in [2.05, 4.69) is 19.1 Å². The molecule has 0 heterocycles. The number of rotatable bonds is 2. The summed E-state index contributed by atoms with van der Waals surface area (Å²) in [5.41, 5.74) is 7.51. The quantitative estimate of drug-likeness (QED) is 0.587. The third kappa shape index (κ3) is 11.4. The number of nitrogen functional groups attached to an aromatic ring is 1. The molecule has 0 aliphatic carbocycles. The van der Waals surface area contributed by atoms with E-state index in [0.29, 0.717) is 0 Å². The van der Waals surface area contributed by atoms with E-state index in [1.54, 1.807) is 19.2 Å². The highest BCUT2D eigenvalue weighted by atomic mass is 16.5. The highest BCUT2D eigenvalue weighted by molar-refractivity contribution is 5.41. The van der Waals surface area contributed by atoms with Gasteiger partial charge in [-0.25, -0.2) is 0 Å². The molecule has 2 aromatic carbocycles. The van der Waals surface area contributed by atoms with Crippen LogP contribution < -0.4 is 10.5 Å². The topological polar surface area (TPSA) is 35.2 Å². The standard InChI is InChI=1S/C7H9NO.C7H12.C6H6/c1-9-7-4-2-6(8)3-5-7;1-4-6-7(3)5-2;1-2-4-6-5-3-1/h2-5H,8H2,1H3;4-6H,1-3H3;1-6H/b;6-4-,7-5-;. The highest BCUT2D eigenvalue weighted by Crippen LogP contribution is 2.11. The largest absolute Gasteiger partial charge is 0.497 e. The lowest BCUT2D eigenvalue weighted by Gasteiger charge is -1.97.